The van der Waals surface area contributed by atoms with Gasteiger partial charge in [0.2, 0.25) is 12.2 Å². The second-order valence-corrected chi connectivity index (χ2v) is 5.20. The molecule has 5 nitrogen and oxygen atoms in total. The van der Waals surface area contributed by atoms with Crippen molar-refractivity contribution < 1.29 is 27.5 Å². The standard InChI is InChI=1S/C12H21F3N2O3/c1-8(18)17(10(15)9(13)14)7-5-6-16-11(19)20-12(2,3)4/h9-10H,5-7H2,1-4H3,(H,16,19). The van der Waals surface area contributed by atoms with Crippen molar-refractivity contribution in [1.29, 1.82) is 0 Å². The van der Waals surface area contributed by atoms with Crippen LogP contribution in [-0.2, 0) is 9.53 Å². The van der Waals surface area contributed by atoms with E-state index in [4.69, 9.17) is 4.74 Å². The lowest BCUT2D eigenvalue weighted by Crippen LogP contribution is -2.42. The van der Waals surface area contributed by atoms with Crippen LogP contribution in [-0.4, -0.2) is 48.3 Å². The minimum Gasteiger partial charge on any atom is -0.444 e. The maximum atomic E-state index is 13.1. The molecule has 0 aliphatic carbocycles. The van der Waals surface area contributed by atoms with Gasteiger partial charge in [-0.2, -0.15) is 0 Å². The molecule has 0 aromatic heterocycles. The molecule has 0 rings (SSSR count). The van der Waals surface area contributed by atoms with Gasteiger partial charge >= 0.3 is 6.09 Å². The third kappa shape index (κ3) is 7.85. The van der Waals surface area contributed by atoms with Crippen molar-refractivity contribution in [1.82, 2.24) is 10.2 Å². The Morgan fingerprint density at radius 3 is 2.20 bits per heavy atom. The summed E-state index contributed by atoms with van der Waals surface area (Å²) in [6.45, 7) is 5.97. The first-order valence-electron chi connectivity index (χ1n) is 6.21. The van der Waals surface area contributed by atoms with E-state index in [1.807, 2.05) is 0 Å². The number of halogens is 3. The van der Waals surface area contributed by atoms with Crippen molar-refractivity contribution in [2.45, 2.75) is 52.4 Å². The Kier molecular flexibility index (Phi) is 7.38. The zero-order valence-electron chi connectivity index (χ0n) is 12.1. The van der Waals surface area contributed by atoms with Crippen LogP contribution in [0.2, 0.25) is 0 Å². The minimum atomic E-state index is -3.25. The molecule has 0 aromatic carbocycles. The molecule has 0 fully saturated rings. The van der Waals surface area contributed by atoms with Gasteiger partial charge in [-0.15, -0.1) is 0 Å². The van der Waals surface area contributed by atoms with Gasteiger partial charge < -0.3 is 15.0 Å². The number of carbonyl (C=O) groups excluding carboxylic acids is 2. The van der Waals surface area contributed by atoms with E-state index in [9.17, 15) is 22.8 Å². The summed E-state index contributed by atoms with van der Waals surface area (Å²) in [6.07, 6.45) is -6.39. The van der Waals surface area contributed by atoms with Gasteiger partial charge in [-0.05, 0) is 27.2 Å². The molecule has 20 heavy (non-hydrogen) atoms. The molecule has 1 N–H and O–H groups in total. The summed E-state index contributed by atoms with van der Waals surface area (Å²) < 4.78 is 42.5. The van der Waals surface area contributed by atoms with Crippen LogP contribution in [0, 0.1) is 0 Å². The largest absolute Gasteiger partial charge is 0.444 e. The van der Waals surface area contributed by atoms with Crippen LogP contribution in [0.3, 0.4) is 0 Å². The van der Waals surface area contributed by atoms with E-state index in [1.165, 1.54) is 0 Å². The highest BCUT2D eigenvalue weighted by atomic mass is 19.3. The van der Waals surface area contributed by atoms with E-state index < -0.39 is 30.3 Å². The number of hydrogen-bond acceptors (Lipinski definition) is 3. The Bertz CT molecular complexity index is 332. The van der Waals surface area contributed by atoms with Gasteiger partial charge in [0.25, 0.3) is 6.43 Å². The number of ether oxygens (including phenoxy) is 1. The van der Waals surface area contributed by atoms with Crippen LogP contribution in [0.1, 0.15) is 34.1 Å². The predicted octanol–water partition coefficient (Wildman–Crippen LogP) is 2.31. The average molecular weight is 298 g/mol. The molecule has 118 valence electrons. The fraction of sp³-hybridized carbons (Fsp3) is 0.833. The molecule has 0 spiro atoms. The smallest absolute Gasteiger partial charge is 0.407 e. The molecule has 0 aliphatic heterocycles. The summed E-state index contributed by atoms with van der Waals surface area (Å²) in [5, 5.41) is 2.39. The van der Waals surface area contributed by atoms with Gasteiger partial charge in [0.05, 0.1) is 0 Å². The van der Waals surface area contributed by atoms with Gasteiger partial charge in [0.15, 0.2) is 0 Å². The SMILES string of the molecule is CC(=O)N(CCCNC(=O)OC(C)(C)C)C(F)C(F)F. The summed E-state index contributed by atoms with van der Waals surface area (Å²) in [4.78, 5) is 22.7. The molecule has 1 unspecified atom stereocenters. The van der Waals surface area contributed by atoms with Crippen LogP contribution >= 0.6 is 0 Å². The Hall–Kier alpha value is -1.47. The van der Waals surface area contributed by atoms with Gasteiger partial charge in [0, 0.05) is 20.0 Å². The molecule has 0 heterocycles. The van der Waals surface area contributed by atoms with E-state index in [-0.39, 0.29) is 19.5 Å². The van der Waals surface area contributed by atoms with Crippen molar-refractivity contribution in [2.24, 2.45) is 0 Å². The first-order chi connectivity index (χ1) is 9.04. The summed E-state index contributed by atoms with van der Waals surface area (Å²) in [7, 11) is 0. The Labute approximate surface area is 116 Å². The molecule has 0 radical (unpaired) electrons. The summed E-state index contributed by atoms with van der Waals surface area (Å²) >= 11 is 0. The molecule has 0 bridgehead atoms. The van der Waals surface area contributed by atoms with E-state index >= 15 is 0 Å². The predicted molar refractivity (Wildman–Crippen MR) is 67.1 cm³/mol. The fourth-order valence-corrected chi connectivity index (χ4v) is 1.34. The van der Waals surface area contributed by atoms with Crippen molar-refractivity contribution in [3.8, 4) is 0 Å². The summed E-state index contributed by atoms with van der Waals surface area (Å²) in [5.74, 6) is -0.782. The fourth-order valence-electron chi connectivity index (χ4n) is 1.34. The van der Waals surface area contributed by atoms with E-state index in [0.717, 1.165) is 6.92 Å². The van der Waals surface area contributed by atoms with Crippen LogP contribution in [0.4, 0.5) is 18.0 Å². The maximum Gasteiger partial charge on any atom is 0.407 e. The van der Waals surface area contributed by atoms with Crippen LogP contribution in [0.15, 0.2) is 0 Å². The molecular formula is C12H21F3N2O3. The van der Waals surface area contributed by atoms with E-state index in [2.05, 4.69) is 5.32 Å². The molecule has 8 heteroatoms. The van der Waals surface area contributed by atoms with Gasteiger partial charge in [0.1, 0.15) is 5.60 Å². The highest BCUT2D eigenvalue weighted by molar-refractivity contribution is 5.73. The molecule has 0 aromatic rings. The number of nitrogens with one attached hydrogen (secondary N) is 1. The molecule has 0 saturated heterocycles. The Morgan fingerprint density at radius 1 is 1.25 bits per heavy atom. The first-order valence-corrected chi connectivity index (χ1v) is 6.21. The maximum absolute atomic E-state index is 13.1. The number of alkyl carbamates (subject to hydrolysis) is 1. The molecule has 1 atom stereocenters. The molecule has 0 saturated carbocycles. The van der Waals surface area contributed by atoms with Crippen molar-refractivity contribution in [3.05, 3.63) is 0 Å². The lowest BCUT2D eigenvalue weighted by atomic mass is 10.2. The lowest BCUT2D eigenvalue weighted by Gasteiger charge is -2.24. The topological polar surface area (TPSA) is 58.6 Å². The van der Waals surface area contributed by atoms with Crippen LogP contribution in [0.25, 0.3) is 0 Å². The van der Waals surface area contributed by atoms with Crippen molar-refractivity contribution in [3.63, 3.8) is 0 Å². The molecule has 0 aliphatic rings. The number of amides is 2. The Balaban J connectivity index is 4.08. The van der Waals surface area contributed by atoms with E-state index in [0.29, 0.717) is 4.90 Å². The average Bonchev–Trinajstić information content (AvgIpc) is 2.24. The number of carbonyl (C=O) groups is 2. The van der Waals surface area contributed by atoms with Gasteiger partial charge in [-0.3, -0.25) is 4.79 Å². The van der Waals surface area contributed by atoms with Crippen molar-refractivity contribution in [2.75, 3.05) is 13.1 Å². The normalized spacial score (nSPS) is 13.0. The van der Waals surface area contributed by atoms with Gasteiger partial charge in [-0.25, -0.2) is 18.0 Å². The molecular weight excluding hydrogens is 277 g/mol. The number of rotatable bonds is 6. The number of alkyl halides is 3. The van der Waals surface area contributed by atoms with E-state index in [1.54, 1.807) is 20.8 Å². The van der Waals surface area contributed by atoms with Crippen LogP contribution < -0.4 is 5.32 Å². The highest BCUT2D eigenvalue weighted by Crippen LogP contribution is 2.12. The quantitative estimate of drug-likeness (QED) is 0.604. The zero-order valence-corrected chi connectivity index (χ0v) is 12.1. The third-order valence-electron chi connectivity index (χ3n) is 2.15. The lowest BCUT2D eigenvalue weighted by molar-refractivity contribution is -0.142. The molecule has 2 amide bonds. The van der Waals surface area contributed by atoms with Gasteiger partial charge in [-0.1, -0.05) is 0 Å². The summed E-state index contributed by atoms with van der Waals surface area (Å²) in [6, 6.07) is 0. The minimum absolute atomic E-state index is 0.0919. The van der Waals surface area contributed by atoms with Crippen molar-refractivity contribution >= 4 is 12.0 Å². The Morgan fingerprint density at radius 2 is 1.80 bits per heavy atom. The third-order valence-corrected chi connectivity index (χ3v) is 2.15. The zero-order chi connectivity index (χ0) is 15.9. The first kappa shape index (κ1) is 18.5. The second kappa shape index (κ2) is 7.96. The highest BCUT2D eigenvalue weighted by Gasteiger charge is 2.28. The van der Waals surface area contributed by atoms with Crippen LogP contribution in [0.5, 0.6) is 0 Å². The number of nitrogens with zero attached hydrogens (tertiary/aromatic N) is 1. The second-order valence-electron chi connectivity index (χ2n) is 5.20. The summed E-state index contributed by atoms with van der Waals surface area (Å²) in [5.41, 5.74) is -0.644. The number of hydrogen-bond donors (Lipinski definition) is 1. The monoisotopic (exact) mass is 298 g/mol.